The van der Waals surface area contributed by atoms with Crippen molar-refractivity contribution in [1.82, 2.24) is 0 Å². The summed E-state index contributed by atoms with van der Waals surface area (Å²) in [6.45, 7) is 5.81. The predicted octanol–water partition coefficient (Wildman–Crippen LogP) is 2.08. The molecule has 0 aromatic rings. The highest BCUT2D eigenvalue weighted by Crippen LogP contribution is 2.66. The van der Waals surface area contributed by atoms with Crippen molar-refractivity contribution in [2.24, 2.45) is 40.4 Å². The van der Waals surface area contributed by atoms with Crippen LogP contribution in [0, 0.1) is 40.4 Å². The molecule has 0 heterocycles. The first-order chi connectivity index (χ1) is 14.7. The SMILES string of the molecule is C=C[C@@H]1CC(C(=O)OC)(C(=O)OC)[C@H]2CC[C@H]3[C@@H](C(C)=CC3(C(=O)OC)C(=O)OC)[C@@H]12. The third-order valence-electron chi connectivity index (χ3n) is 7.80. The molecule has 3 rings (SSSR count). The number of carbonyl (C=O) groups is 4. The van der Waals surface area contributed by atoms with E-state index in [2.05, 4.69) is 6.58 Å². The number of fused-ring (bicyclic) bond motifs is 3. The lowest BCUT2D eigenvalue weighted by atomic mass is 9.57. The Hall–Kier alpha value is -2.64. The summed E-state index contributed by atoms with van der Waals surface area (Å²) in [6.07, 6.45) is 4.49. The number of ether oxygens (including phenoxy) is 4. The zero-order valence-corrected chi connectivity index (χ0v) is 18.6. The largest absolute Gasteiger partial charge is 0.468 e. The maximum atomic E-state index is 12.9. The number of rotatable bonds is 5. The van der Waals surface area contributed by atoms with Gasteiger partial charge in [-0.2, -0.15) is 0 Å². The van der Waals surface area contributed by atoms with Gasteiger partial charge in [-0.05, 0) is 55.8 Å². The lowest BCUT2D eigenvalue weighted by molar-refractivity contribution is -0.178. The molecule has 0 aromatic heterocycles. The van der Waals surface area contributed by atoms with Crippen molar-refractivity contribution < 1.29 is 38.1 Å². The van der Waals surface area contributed by atoms with E-state index in [0.717, 1.165) is 5.57 Å². The maximum absolute atomic E-state index is 12.9. The molecule has 8 nitrogen and oxygen atoms in total. The van der Waals surface area contributed by atoms with E-state index >= 15 is 0 Å². The Morgan fingerprint density at radius 2 is 1.39 bits per heavy atom. The van der Waals surface area contributed by atoms with Gasteiger partial charge in [-0.3, -0.25) is 19.2 Å². The van der Waals surface area contributed by atoms with E-state index in [1.54, 1.807) is 12.2 Å². The first-order valence-electron chi connectivity index (χ1n) is 10.4. The topological polar surface area (TPSA) is 105 Å². The van der Waals surface area contributed by atoms with Crippen molar-refractivity contribution in [3.63, 3.8) is 0 Å². The Labute approximate surface area is 181 Å². The van der Waals surface area contributed by atoms with Crippen LogP contribution in [0.25, 0.3) is 0 Å². The molecule has 0 unspecified atom stereocenters. The summed E-state index contributed by atoms with van der Waals surface area (Å²) in [4.78, 5) is 51.6. The molecule has 5 atom stereocenters. The van der Waals surface area contributed by atoms with Crippen LogP contribution in [0.5, 0.6) is 0 Å². The number of allylic oxidation sites excluding steroid dienone is 2. The molecule has 0 aromatic carbocycles. The molecule has 3 aliphatic rings. The summed E-state index contributed by atoms with van der Waals surface area (Å²) >= 11 is 0. The second kappa shape index (κ2) is 8.13. The molecule has 31 heavy (non-hydrogen) atoms. The van der Waals surface area contributed by atoms with Gasteiger partial charge >= 0.3 is 23.9 Å². The van der Waals surface area contributed by atoms with Gasteiger partial charge < -0.3 is 18.9 Å². The number of hydrogen-bond acceptors (Lipinski definition) is 8. The van der Waals surface area contributed by atoms with Crippen LogP contribution in [-0.2, 0) is 38.1 Å². The molecule has 0 aliphatic heterocycles. The fourth-order valence-electron chi connectivity index (χ4n) is 6.74. The van der Waals surface area contributed by atoms with Crippen molar-refractivity contribution >= 4 is 23.9 Å². The maximum Gasteiger partial charge on any atom is 0.327 e. The van der Waals surface area contributed by atoms with Gasteiger partial charge in [0.15, 0.2) is 10.8 Å². The van der Waals surface area contributed by atoms with Crippen LogP contribution < -0.4 is 0 Å². The normalized spacial score (nSPS) is 32.0. The number of methoxy groups -OCH3 is 4. The minimum atomic E-state index is -1.54. The Balaban J connectivity index is 2.15. The Morgan fingerprint density at radius 3 is 1.84 bits per heavy atom. The van der Waals surface area contributed by atoms with E-state index in [4.69, 9.17) is 18.9 Å². The number of hydrogen-bond donors (Lipinski definition) is 0. The highest BCUT2D eigenvalue weighted by Gasteiger charge is 2.70. The highest BCUT2D eigenvalue weighted by molar-refractivity contribution is 6.04. The van der Waals surface area contributed by atoms with Gasteiger partial charge in [0, 0.05) is 0 Å². The average Bonchev–Trinajstić information content (AvgIpc) is 3.30. The third kappa shape index (κ3) is 2.87. The molecule has 0 radical (unpaired) electrons. The second-order valence-corrected chi connectivity index (χ2v) is 8.69. The van der Waals surface area contributed by atoms with E-state index < -0.39 is 40.6 Å². The van der Waals surface area contributed by atoms with Gasteiger partial charge in [0.05, 0.1) is 28.4 Å². The molecule has 3 aliphatic carbocycles. The van der Waals surface area contributed by atoms with E-state index in [1.165, 1.54) is 28.4 Å². The fraction of sp³-hybridized carbons (Fsp3) is 0.652. The van der Waals surface area contributed by atoms with Crippen LogP contribution in [0.2, 0.25) is 0 Å². The van der Waals surface area contributed by atoms with Crippen molar-refractivity contribution in [3.8, 4) is 0 Å². The van der Waals surface area contributed by atoms with Gasteiger partial charge in [-0.25, -0.2) is 0 Å². The molecule has 0 saturated heterocycles. The third-order valence-corrected chi connectivity index (χ3v) is 7.80. The van der Waals surface area contributed by atoms with Gasteiger partial charge in [0.25, 0.3) is 0 Å². The van der Waals surface area contributed by atoms with Crippen LogP contribution in [0.3, 0.4) is 0 Å². The molecule has 8 heteroatoms. The Kier molecular flexibility index (Phi) is 6.04. The summed E-state index contributed by atoms with van der Waals surface area (Å²) in [5.74, 6) is -3.96. The van der Waals surface area contributed by atoms with Crippen LogP contribution in [0.15, 0.2) is 24.3 Å². The summed E-state index contributed by atoms with van der Waals surface area (Å²) in [5.41, 5.74) is -2.15. The van der Waals surface area contributed by atoms with Crippen molar-refractivity contribution in [3.05, 3.63) is 24.3 Å². The van der Waals surface area contributed by atoms with Gasteiger partial charge in [-0.15, -0.1) is 6.58 Å². The average molecular weight is 434 g/mol. The molecular weight excluding hydrogens is 404 g/mol. The fourth-order valence-corrected chi connectivity index (χ4v) is 6.74. The van der Waals surface area contributed by atoms with Crippen LogP contribution >= 0.6 is 0 Å². The Bertz CT molecular complexity index is 809. The number of carbonyl (C=O) groups excluding carboxylic acids is 4. The smallest absolute Gasteiger partial charge is 0.327 e. The molecule has 170 valence electrons. The van der Waals surface area contributed by atoms with E-state index in [-0.39, 0.29) is 30.1 Å². The van der Waals surface area contributed by atoms with Gasteiger partial charge in [0.2, 0.25) is 0 Å². The van der Waals surface area contributed by atoms with Crippen molar-refractivity contribution in [1.29, 1.82) is 0 Å². The van der Waals surface area contributed by atoms with Crippen molar-refractivity contribution in [2.75, 3.05) is 28.4 Å². The second-order valence-electron chi connectivity index (χ2n) is 8.69. The predicted molar refractivity (Wildman–Crippen MR) is 108 cm³/mol. The van der Waals surface area contributed by atoms with E-state index in [1.807, 2.05) is 6.92 Å². The van der Waals surface area contributed by atoms with E-state index in [9.17, 15) is 19.2 Å². The highest BCUT2D eigenvalue weighted by atomic mass is 16.6. The summed E-state index contributed by atoms with van der Waals surface area (Å²) in [7, 11) is 5.01. The van der Waals surface area contributed by atoms with Gasteiger partial charge in [0.1, 0.15) is 0 Å². The summed E-state index contributed by atoms with van der Waals surface area (Å²) in [6, 6.07) is 0. The molecule has 0 amide bonds. The molecule has 2 saturated carbocycles. The molecule has 0 bridgehead atoms. The molecule has 0 N–H and O–H groups in total. The molecule has 0 spiro atoms. The summed E-state index contributed by atoms with van der Waals surface area (Å²) < 4.78 is 20.2. The lowest BCUT2D eigenvalue weighted by Crippen LogP contribution is -2.52. The molecular formula is C23H30O8. The minimum Gasteiger partial charge on any atom is -0.468 e. The van der Waals surface area contributed by atoms with Crippen LogP contribution in [0.4, 0.5) is 0 Å². The zero-order valence-electron chi connectivity index (χ0n) is 18.6. The molecule has 2 fully saturated rings. The summed E-state index contributed by atoms with van der Waals surface area (Å²) in [5, 5.41) is 0. The lowest BCUT2D eigenvalue weighted by Gasteiger charge is -2.45. The van der Waals surface area contributed by atoms with Crippen molar-refractivity contribution in [2.45, 2.75) is 26.2 Å². The van der Waals surface area contributed by atoms with E-state index in [0.29, 0.717) is 12.8 Å². The quantitative estimate of drug-likeness (QED) is 0.280. The van der Waals surface area contributed by atoms with Crippen LogP contribution in [-0.4, -0.2) is 52.3 Å². The first kappa shape index (κ1) is 23.0. The first-order valence-corrected chi connectivity index (χ1v) is 10.4. The van der Waals surface area contributed by atoms with Crippen LogP contribution in [0.1, 0.15) is 26.2 Å². The standard InChI is InChI=1S/C23H30O8/c1-7-13-11-23(20(26)30-5,21(27)31-6)15-9-8-14-16(17(13)15)12(2)10-22(14,18(24)28-3)19(25)29-4/h7,10,13-17H,1,8-9,11H2,2-6H3/t13-,14+,15+,16-,17+/m1/s1. The minimum absolute atomic E-state index is 0.193. The Morgan fingerprint density at radius 1 is 0.903 bits per heavy atom. The zero-order chi connectivity index (χ0) is 23.1. The monoisotopic (exact) mass is 434 g/mol. The van der Waals surface area contributed by atoms with Gasteiger partial charge in [-0.1, -0.05) is 17.7 Å². The number of esters is 4.